The van der Waals surface area contributed by atoms with Gasteiger partial charge in [0.25, 0.3) is 5.91 Å². The maximum atomic E-state index is 12.2. The first-order valence-corrected chi connectivity index (χ1v) is 8.80. The highest BCUT2D eigenvalue weighted by Gasteiger charge is 2.10. The summed E-state index contributed by atoms with van der Waals surface area (Å²) >= 11 is 3.33. The molecule has 3 rings (SSSR count). The fraction of sp³-hybridized carbons (Fsp3) is 0.278. The van der Waals surface area contributed by atoms with Crippen molar-refractivity contribution in [1.82, 2.24) is 19.9 Å². The second-order valence-electron chi connectivity index (χ2n) is 5.62. The number of hydrogen-bond donors (Lipinski definition) is 1. The molecule has 0 atom stereocenters. The van der Waals surface area contributed by atoms with Gasteiger partial charge in [-0.25, -0.2) is 4.98 Å². The van der Waals surface area contributed by atoms with E-state index in [1.54, 1.807) is 18.5 Å². The van der Waals surface area contributed by atoms with E-state index < -0.39 is 0 Å². The van der Waals surface area contributed by atoms with Crippen molar-refractivity contribution in [3.63, 3.8) is 0 Å². The summed E-state index contributed by atoms with van der Waals surface area (Å²) in [4.78, 5) is 20.7. The quantitative estimate of drug-likeness (QED) is 0.704. The van der Waals surface area contributed by atoms with E-state index >= 15 is 0 Å². The standard InChI is InChI=1S/C18H19BrN4O/c1-2-8-23-12-13(16-4-3-6-21-17(16)23)5-7-22-18(24)14-9-15(19)11-20-10-14/h3-4,6,9-12H,2,5,7-8H2,1H3,(H,22,24). The maximum absolute atomic E-state index is 12.2. The average Bonchev–Trinajstić information content (AvgIpc) is 2.93. The molecule has 3 aromatic heterocycles. The molecule has 0 aromatic carbocycles. The molecular formula is C18H19BrN4O. The van der Waals surface area contributed by atoms with Gasteiger partial charge in [0.05, 0.1) is 5.56 Å². The molecule has 0 bridgehead atoms. The molecule has 0 aliphatic carbocycles. The van der Waals surface area contributed by atoms with Crippen LogP contribution in [0.2, 0.25) is 0 Å². The molecule has 124 valence electrons. The summed E-state index contributed by atoms with van der Waals surface area (Å²) in [7, 11) is 0. The molecule has 1 amide bonds. The lowest BCUT2D eigenvalue weighted by Gasteiger charge is -2.05. The van der Waals surface area contributed by atoms with Crippen LogP contribution < -0.4 is 5.32 Å². The number of aryl methyl sites for hydroxylation is 1. The van der Waals surface area contributed by atoms with Gasteiger partial charge in [0.1, 0.15) is 5.65 Å². The fourth-order valence-corrected chi connectivity index (χ4v) is 3.12. The van der Waals surface area contributed by atoms with Gasteiger partial charge >= 0.3 is 0 Å². The summed E-state index contributed by atoms with van der Waals surface area (Å²) in [5.41, 5.74) is 2.77. The van der Waals surface area contributed by atoms with Gasteiger partial charge < -0.3 is 9.88 Å². The van der Waals surface area contributed by atoms with Gasteiger partial charge in [-0.15, -0.1) is 0 Å². The highest BCUT2D eigenvalue weighted by Crippen LogP contribution is 2.20. The molecule has 24 heavy (non-hydrogen) atoms. The lowest BCUT2D eigenvalue weighted by molar-refractivity contribution is 0.0953. The zero-order valence-electron chi connectivity index (χ0n) is 13.5. The lowest BCUT2D eigenvalue weighted by atomic mass is 10.1. The predicted octanol–water partition coefficient (Wildman–Crippen LogP) is 3.58. The molecule has 1 N–H and O–H groups in total. The lowest BCUT2D eigenvalue weighted by Crippen LogP contribution is -2.25. The Bertz CT molecular complexity index is 859. The van der Waals surface area contributed by atoms with Crippen molar-refractivity contribution in [2.24, 2.45) is 0 Å². The monoisotopic (exact) mass is 386 g/mol. The van der Waals surface area contributed by atoms with E-state index in [-0.39, 0.29) is 5.91 Å². The summed E-state index contributed by atoms with van der Waals surface area (Å²) in [6.07, 6.45) is 9.02. The minimum Gasteiger partial charge on any atom is -0.352 e. The molecule has 6 heteroatoms. The highest BCUT2D eigenvalue weighted by molar-refractivity contribution is 9.10. The van der Waals surface area contributed by atoms with Crippen molar-refractivity contribution in [2.45, 2.75) is 26.3 Å². The first-order valence-electron chi connectivity index (χ1n) is 8.00. The summed E-state index contributed by atoms with van der Waals surface area (Å²) < 4.78 is 2.98. The van der Waals surface area contributed by atoms with E-state index in [1.165, 1.54) is 5.56 Å². The van der Waals surface area contributed by atoms with Crippen LogP contribution in [0.1, 0.15) is 29.3 Å². The molecule has 0 unspecified atom stereocenters. The average molecular weight is 387 g/mol. The number of carbonyl (C=O) groups is 1. The van der Waals surface area contributed by atoms with Gasteiger partial charge in [-0.3, -0.25) is 9.78 Å². The largest absolute Gasteiger partial charge is 0.352 e. The van der Waals surface area contributed by atoms with E-state index in [4.69, 9.17) is 0 Å². The molecule has 0 fully saturated rings. The molecule has 5 nitrogen and oxygen atoms in total. The van der Waals surface area contributed by atoms with Gasteiger partial charge in [0.2, 0.25) is 0 Å². The SMILES string of the molecule is CCCn1cc(CCNC(=O)c2cncc(Br)c2)c2cccnc21. The normalized spacial score (nSPS) is 10.9. The number of aromatic nitrogens is 3. The Kier molecular flexibility index (Phi) is 5.25. The van der Waals surface area contributed by atoms with Crippen LogP contribution in [0.5, 0.6) is 0 Å². The molecule has 0 spiro atoms. The third kappa shape index (κ3) is 3.64. The van der Waals surface area contributed by atoms with Crippen molar-refractivity contribution in [1.29, 1.82) is 0 Å². The number of fused-ring (bicyclic) bond motifs is 1. The van der Waals surface area contributed by atoms with Crippen LogP contribution in [0, 0.1) is 0 Å². The van der Waals surface area contributed by atoms with Crippen molar-refractivity contribution in [2.75, 3.05) is 6.54 Å². The maximum Gasteiger partial charge on any atom is 0.252 e. The smallest absolute Gasteiger partial charge is 0.252 e. The molecule has 0 saturated heterocycles. The molecule has 3 heterocycles. The minimum atomic E-state index is -0.112. The Labute approximate surface area is 149 Å². The summed E-state index contributed by atoms with van der Waals surface area (Å²) in [5, 5.41) is 4.11. The summed E-state index contributed by atoms with van der Waals surface area (Å²) in [6.45, 7) is 3.68. The summed E-state index contributed by atoms with van der Waals surface area (Å²) in [6, 6.07) is 5.80. The minimum absolute atomic E-state index is 0.112. The van der Waals surface area contributed by atoms with Crippen LogP contribution in [0.3, 0.4) is 0 Å². The molecule has 0 aliphatic rings. The van der Waals surface area contributed by atoms with E-state index in [0.29, 0.717) is 12.1 Å². The predicted molar refractivity (Wildman–Crippen MR) is 98.0 cm³/mol. The third-order valence-electron chi connectivity index (χ3n) is 3.83. The molecule has 3 aromatic rings. The first-order chi connectivity index (χ1) is 11.7. The van der Waals surface area contributed by atoms with Gasteiger partial charge in [-0.2, -0.15) is 0 Å². The number of nitrogens with zero attached hydrogens (tertiary/aromatic N) is 3. The second kappa shape index (κ2) is 7.57. The topological polar surface area (TPSA) is 59.8 Å². The van der Waals surface area contributed by atoms with Crippen LogP contribution in [0.25, 0.3) is 11.0 Å². The van der Waals surface area contributed by atoms with Crippen LogP contribution in [0.15, 0.2) is 47.5 Å². The zero-order valence-corrected chi connectivity index (χ0v) is 15.1. The first kappa shape index (κ1) is 16.6. The number of rotatable bonds is 6. The van der Waals surface area contributed by atoms with Gasteiger partial charge in [0, 0.05) is 47.7 Å². The Morgan fingerprint density at radius 1 is 1.38 bits per heavy atom. The number of hydrogen-bond acceptors (Lipinski definition) is 3. The van der Waals surface area contributed by atoms with Crippen molar-refractivity contribution < 1.29 is 4.79 Å². The second-order valence-corrected chi connectivity index (χ2v) is 6.54. The Hall–Kier alpha value is -2.21. The molecular weight excluding hydrogens is 368 g/mol. The van der Waals surface area contributed by atoms with Crippen LogP contribution in [0.4, 0.5) is 0 Å². The third-order valence-corrected chi connectivity index (χ3v) is 4.26. The number of nitrogens with one attached hydrogen (secondary N) is 1. The van der Waals surface area contributed by atoms with Crippen LogP contribution in [-0.2, 0) is 13.0 Å². The van der Waals surface area contributed by atoms with Gasteiger partial charge in [0.15, 0.2) is 0 Å². The van der Waals surface area contributed by atoms with Gasteiger partial charge in [-0.05, 0) is 52.5 Å². The molecule has 0 aliphatic heterocycles. The number of halogens is 1. The van der Waals surface area contributed by atoms with Crippen molar-refractivity contribution in [3.8, 4) is 0 Å². The number of carbonyl (C=O) groups excluding carboxylic acids is 1. The Balaban J connectivity index is 1.69. The van der Waals surface area contributed by atoms with Gasteiger partial charge in [-0.1, -0.05) is 6.92 Å². The zero-order chi connectivity index (χ0) is 16.9. The van der Waals surface area contributed by atoms with E-state index in [0.717, 1.165) is 34.9 Å². The highest BCUT2D eigenvalue weighted by atomic mass is 79.9. The van der Waals surface area contributed by atoms with Crippen molar-refractivity contribution in [3.05, 3.63) is 58.6 Å². The van der Waals surface area contributed by atoms with Crippen molar-refractivity contribution >= 4 is 32.9 Å². The Morgan fingerprint density at radius 3 is 3.04 bits per heavy atom. The Morgan fingerprint density at radius 2 is 2.25 bits per heavy atom. The molecule has 0 radical (unpaired) electrons. The number of pyridine rings is 2. The van der Waals surface area contributed by atoms with Crippen LogP contribution >= 0.6 is 15.9 Å². The molecule has 0 saturated carbocycles. The van der Waals surface area contributed by atoms with E-state index in [1.807, 2.05) is 12.3 Å². The van der Waals surface area contributed by atoms with E-state index in [2.05, 4.69) is 55.0 Å². The van der Waals surface area contributed by atoms with Crippen LogP contribution in [-0.4, -0.2) is 27.0 Å². The fourth-order valence-electron chi connectivity index (χ4n) is 2.75. The number of amides is 1. The van der Waals surface area contributed by atoms with E-state index in [9.17, 15) is 4.79 Å². The summed E-state index contributed by atoms with van der Waals surface area (Å²) in [5.74, 6) is -0.112.